The average Bonchev–Trinajstić information content (AvgIpc) is 2.41. The summed E-state index contributed by atoms with van der Waals surface area (Å²) in [5, 5.41) is 0. The van der Waals surface area contributed by atoms with E-state index >= 15 is 0 Å². The lowest BCUT2D eigenvalue weighted by molar-refractivity contribution is 0.192. The lowest BCUT2D eigenvalue weighted by atomic mass is 10.2. The summed E-state index contributed by atoms with van der Waals surface area (Å²) >= 11 is 2.07. The van der Waals surface area contributed by atoms with Gasteiger partial charge in [0.15, 0.2) is 0 Å². The standard InChI is InChI=1S/C12H19IN4O/c1-3-9(2)16-4-6-17(7-5-16)11-10(13)12(18)15-8-14-11/h8-9H,3-7H2,1-2H3,(H,14,15,18). The first-order valence-corrected chi connectivity index (χ1v) is 7.43. The smallest absolute Gasteiger partial charge is 0.266 e. The summed E-state index contributed by atoms with van der Waals surface area (Å²) in [6.45, 7) is 8.45. The highest BCUT2D eigenvalue weighted by Crippen LogP contribution is 2.18. The zero-order valence-electron chi connectivity index (χ0n) is 10.8. The van der Waals surface area contributed by atoms with Gasteiger partial charge < -0.3 is 9.88 Å². The van der Waals surface area contributed by atoms with Gasteiger partial charge in [-0.15, -0.1) is 0 Å². The first-order chi connectivity index (χ1) is 8.63. The molecule has 0 aliphatic carbocycles. The summed E-state index contributed by atoms with van der Waals surface area (Å²) < 4.78 is 0.687. The van der Waals surface area contributed by atoms with Gasteiger partial charge in [-0.25, -0.2) is 4.98 Å². The minimum atomic E-state index is -0.0510. The quantitative estimate of drug-likeness (QED) is 0.824. The monoisotopic (exact) mass is 362 g/mol. The maximum atomic E-state index is 11.6. The zero-order valence-corrected chi connectivity index (χ0v) is 13.0. The predicted octanol–water partition coefficient (Wildman–Crippen LogP) is 1.30. The van der Waals surface area contributed by atoms with Gasteiger partial charge in [-0.3, -0.25) is 9.69 Å². The summed E-state index contributed by atoms with van der Waals surface area (Å²) in [6.07, 6.45) is 2.67. The van der Waals surface area contributed by atoms with Crippen LogP contribution in [0.4, 0.5) is 5.82 Å². The molecule has 1 aromatic heterocycles. The summed E-state index contributed by atoms with van der Waals surface area (Å²) in [4.78, 5) is 23.2. The molecule has 5 nitrogen and oxygen atoms in total. The van der Waals surface area contributed by atoms with E-state index in [1.807, 2.05) is 0 Å². The van der Waals surface area contributed by atoms with Crippen LogP contribution in [0, 0.1) is 3.57 Å². The maximum Gasteiger partial charge on any atom is 0.266 e. The van der Waals surface area contributed by atoms with Crippen LogP contribution in [-0.2, 0) is 0 Å². The molecule has 1 saturated heterocycles. The molecule has 0 saturated carbocycles. The third-order valence-electron chi connectivity index (χ3n) is 3.61. The van der Waals surface area contributed by atoms with Crippen molar-refractivity contribution in [2.24, 2.45) is 0 Å². The second-order valence-corrected chi connectivity index (χ2v) is 5.73. The Kier molecular flexibility index (Phi) is 4.60. The fourth-order valence-corrected chi connectivity index (χ4v) is 2.86. The highest BCUT2D eigenvalue weighted by atomic mass is 127. The van der Waals surface area contributed by atoms with Crippen molar-refractivity contribution in [1.82, 2.24) is 14.9 Å². The third kappa shape index (κ3) is 2.85. The Hall–Kier alpha value is -0.630. The van der Waals surface area contributed by atoms with Crippen LogP contribution in [0.3, 0.4) is 0 Å². The Morgan fingerprint density at radius 3 is 2.72 bits per heavy atom. The van der Waals surface area contributed by atoms with Gasteiger partial charge in [0.05, 0.1) is 6.33 Å². The van der Waals surface area contributed by atoms with Crippen molar-refractivity contribution in [3.63, 3.8) is 0 Å². The molecule has 18 heavy (non-hydrogen) atoms. The Morgan fingerprint density at radius 1 is 1.44 bits per heavy atom. The number of halogens is 1. The third-order valence-corrected chi connectivity index (χ3v) is 4.58. The van der Waals surface area contributed by atoms with E-state index in [9.17, 15) is 4.79 Å². The Labute approximate surface area is 121 Å². The van der Waals surface area contributed by atoms with Gasteiger partial charge in [0.25, 0.3) is 5.56 Å². The first-order valence-electron chi connectivity index (χ1n) is 6.35. The van der Waals surface area contributed by atoms with Gasteiger partial charge in [0.1, 0.15) is 9.39 Å². The molecule has 0 amide bonds. The van der Waals surface area contributed by atoms with Crippen molar-refractivity contribution >= 4 is 28.4 Å². The molecule has 0 spiro atoms. The average molecular weight is 362 g/mol. The van der Waals surface area contributed by atoms with Gasteiger partial charge >= 0.3 is 0 Å². The van der Waals surface area contributed by atoms with Crippen LogP contribution < -0.4 is 10.5 Å². The molecule has 0 radical (unpaired) electrons. The second-order valence-electron chi connectivity index (χ2n) is 4.65. The van der Waals surface area contributed by atoms with Crippen LogP contribution >= 0.6 is 22.6 Å². The Balaban J connectivity index is 2.06. The first kappa shape index (κ1) is 13.8. The van der Waals surface area contributed by atoms with E-state index in [1.54, 1.807) is 0 Å². The van der Waals surface area contributed by atoms with E-state index in [2.05, 4.69) is 56.2 Å². The van der Waals surface area contributed by atoms with Crippen molar-refractivity contribution in [1.29, 1.82) is 0 Å². The van der Waals surface area contributed by atoms with Gasteiger partial charge in [0, 0.05) is 32.2 Å². The van der Waals surface area contributed by atoms with Crippen LogP contribution in [-0.4, -0.2) is 47.1 Å². The van der Waals surface area contributed by atoms with E-state index in [1.165, 1.54) is 12.7 Å². The summed E-state index contributed by atoms with van der Waals surface area (Å²) in [7, 11) is 0. The van der Waals surface area contributed by atoms with E-state index in [0.29, 0.717) is 9.61 Å². The predicted molar refractivity (Wildman–Crippen MR) is 81.1 cm³/mol. The number of piperazine rings is 1. The fourth-order valence-electron chi connectivity index (χ4n) is 2.23. The number of aromatic nitrogens is 2. The second kappa shape index (κ2) is 6.01. The molecule has 1 N–H and O–H groups in total. The Morgan fingerprint density at radius 2 is 2.11 bits per heavy atom. The maximum absolute atomic E-state index is 11.6. The van der Waals surface area contributed by atoms with E-state index in [-0.39, 0.29) is 5.56 Å². The Bertz CT molecular complexity index is 454. The van der Waals surface area contributed by atoms with Crippen LogP contribution in [0.15, 0.2) is 11.1 Å². The summed E-state index contributed by atoms with van der Waals surface area (Å²) in [5.41, 5.74) is -0.0510. The number of aromatic amines is 1. The van der Waals surface area contributed by atoms with E-state index in [4.69, 9.17) is 0 Å². The van der Waals surface area contributed by atoms with Gasteiger partial charge in [-0.1, -0.05) is 6.92 Å². The van der Waals surface area contributed by atoms with E-state index < -0.39 is 0 Å². The molecular formula is C12H19IN4O. The highest BCUT2D eigenvalue weighted by Gasteiger charge is 2.22. The number of hydrogen-bond donors (Lipinski definition) is 1. The van der Waals surface area contributed by atoms with E-state index in [0.717, 1.165) is 32.0 Å². The minimum absolute atomic E-state index is 0.0510. The van der Waals surface area contributed by atoms with Crippen molar-refractivity contribution in [2.45, 2.75) is 26.3 Å². The molecule has 6 heteroatoms. The van der Waals surface area contributed by atoms with Crippen LogP contribution in [0.5, 0.6) is 0 Å². The van der Waals surface area contributed by atoms with Crippen molar-refractivity contribution in [3.05, 3.63) is 20.3 Å². The molecule has 0 aromatic carbocycles. The molecule has 0 bridgehead atoms. The molecule has 2 heterocycles. The van der Waals surface area contributed by atoms with Crippen molar-refractivity contribution in [2.75, 3.05) is 31.1 Å². The van der Waals surface area contributed by atoms with Crippen molar-refractivity contribution in [3.8, 4) is 0 Å². The van der Waals surface area contributed by atoms with Crippen LogP contribution in [0.2, 0.25) is 0 Å². The molecular weight excluding hydrogens is 343 g/mol. The van der Waals surface area contributed by atoms with Gasteiger partial charge in [-0.05, 0) is 35.9 Å². The molecule has 2 rings (SSSR count). The number of anilines is 1. The minimum Gasteiger partial charge on any atom is -0.353 e. The molecule has 1 fully saturated rings. The van der Waals surface area contributed by atoms with Gasteiger partial charge in [0.2, 0.25) is 0 Å². The number of nitrogens with one attached hydrogen (secondary N) is 1. The molecule has 1 unspecified atom stereocenters. The van der Waals surface area contributed by atoms with Crippen LogP contribution in [0.25, 0.3) is 0 Å². The summed E-state index contributed by atoms with van der Waals surface area (Å²) in [6, 6.07) is 0.637. The number of H-pyrrole nitrogens is 1. The number of nitrogens with zero attached hydrogens (tertiary/aromatic N) is 3. The fraction of sp³-hybridized carbons (Fsp3) is 0.667. The summed E-state index contributed by atoms with van der Waals surface area (Å²) in [5.74, 6) is 0.822. The highest BCUT2D eigenvalue weighted by molar-refractivity contribution is 14.1. The molecule has 1 aliphatic rings. The van der Waals surface area contributed by atoms with Crippen molar-refractivity contribution < 1.29 is 0 Å². The molecule has 1 aromatic rings. The lowest BCUT2D eigenvalue weighted by Gasteiger charge is -2.38. The number of hydrogen-bond acceptors (Lipinski definition) is 4. The lowest BCUT2D eigenvalue weighted by Crippen LogP contribution is -2.50. The topological polar surface area (TPSA) is 52.2 Å². The molecule has 1 aliphatic heterocycles. The molecule has 1 atom stereocenters. The zero-order chi connectivity index (χ0) is 13.1. The largest absolute Gasteiger partial charge is 0.353 e. The van der Waals surface area contributed by atoms with Gasteiger partial charge in [-0.2, -0.15) is 0 Å². The number of rotatable bonds is 3. The molecule has 100 valence electrons. The SMILES string of the molecule is CCC(C)N1CCN(c2nc[nH]c(=O)c2I)CC1. The normalized spacial score (nSPS) is 18.9. The van der Waals surface area contributed by atoms with Crippen LogP contribution in [0.1, 0.15) is 20.3 Å².